The van der Waals surface area contributed by atoms with Crippen LogP contribution in [-0.4, -0.2) is 39.0 Å². The number of guanidine groups is 1. The molecule has 1 aromatic carbocycles. The summed E-state index contributed by atoms with van der Waals surface area (Å²) in [5.41, 5.74) is 1.98. The molecule has 7 heteroatoms. The van der Waals surface area contributed by atoms with E-state index in [9.17, 15) is 4.79 Å². The maximum absolute atomic E-state index is 11.8. The van der Waals surface area contributed by atoms with E-state index in [4.69, 9.17) is 4.74 Å². The Hall–Kier alpha value is -2.83. The number of aryl methyl sites for hydroxylation is 1. The summed E-state index contributed by atoms with van der Waals surface area (Å²) in [6, 6.07) is 5.74. The smallest absolute Gasteiger partial charge is 0.249 e. The summed E-state index contributed by atoms with van der Waals surface area (Å²) in [7, 11) is 0. The Balaban J connectivity index is 1.33. The Morgan fingerprint density at radius 1 is 1.36 bits per heavy atom. The number of carbonyl (C=O) groups is 1. The molecule has 25 heavy (non-hydrogen) atoms. The molecule has 1 N–H and O–H groups in total. The lowest BCUT2D eigenvalue weighted by atomic mass is 10.1. The quantitative estimate of drug-likeness (QED) is 0.818. The minimum absolute atomic E-state index is 0.000853. The SMILES string of the molecule is CC1C(=O)NC2=Nc3ccc(OCCCCn4ccnc4)cc3CN21. The van der Waals surface area contributed by atoms with Crippen molar-refractivity contribution in [2.75, 3.05) is 6.61 Å². The number of amides is 1. The highest BCUT2D eigenvalue weighted by Crippen LogP contribution is 2.31. The highest BCUT2D eigenvalue weighted by molar-refractivity contribution is 6.07. The number of nitrogens with one attached hydrogen (secondary N) is 1. The molecule has 0 saturated carbocycles. The Bertz CT molecular complexity index is 800. The van der Waals surface area contributed by atoms with Crippen molar-refractivity contribution in [2.45, 2.75) is 38.9 Å². The third-order valence-corrected chi connectivity index (χ3v) is 4.61. The van der Waals surface area contributed by atoms with Gasteiger partial charge in [0.2, 0.25) is 11.9 Å². The summed E-state index contributed by atoms with van der Waals surface area (Å²) in [6.45, 7) is 4.20. The number of benzene rings is 1. The van der Waals surface area contributed by atoms with E-state index >= 15 is 0 Å². The highest BCUT2D eigenvalue weighted by Gasteiger charge is 2.35. The van der Waals surface area contributed by atoms with Crippen LogP contribution in [0.3, 0.4) is 0 Å². The number of aliphatic imine (C=N–C) groups is 1. The average Bonchev–Trinajstić information content (AvgIpc) is 3.22. The highest BCUT2D eigenvalue weighted by atomic mass is 16.5. The minimum atomic E-state index is -0.181. The van der Waals surface area contributed by atoms with Gasteiger partial charge in [-0.05, 0) is 38.0 Å². The van der Waals surface area contributed by atoms with Gasteiger partial charge >= 0.3 is 0 Å². The van der Waals surface area contributed by atoms with Crippen molar-refractivity contribution in [2.24, 2.45) is 4.99 Å². The van der Waals surface area contributed by atoms with Gasteiger partial charge in [-0.1, -0.05) is 0 Å². The maximum Gasteiger partial charge on any atom is 0.249 e. The van der Waals surface area contributed by atoms with Crippen LogP contribution < -0.4 is 10.1 Å². The third kappa shape index (κ3) is 3.22. The van der Waals surface area contributed by atoms with Gasteiger partial charge in [0.25, 0.3) is 0 Å². The minimum Gasteiger partial charge on any atom is -0.494 e. The first kappa shape index (κ1) is 15.7. The second-order valence-corrected chi connectivity index (χ2v) is 6.38. The molecule has 1 fully saturated rings. The van der Waals surface area contributed by atoms with E-state index in [0.29, 0.717) is 19.1 Å². The molecule has 1 amide bonds. The van der Waals surface area contributed by atoms with Crippen molar-refractivity contribution >= 4 is 17.6 Å². The first-order valence-electron chi connectivity index (χ1n) is 8.58. The van der Waals surface area contributed by atoms with E-state index in [1.807, 2.05) is 42.5 Å². The number of ether oxygens (including phenoxy) is 1. The van der Waals surface area contributed by atoms with Crippen molar-refractivity contribution in [3.8, 4) is 5.75 Å². The normalized spacial score (nSPS) is 18.4. The summed E-state index contributed by atoms with van der Waals surface area (Å²) < 4.78 is 7.95. The van der Waals surface area contributed by atoms with Gasteiger partial charge in [0.15, 0.2) is 0 Å². The molecule has 0 radical (unpaired) electrons. The van der Waals surface area contributed by atoms with Gasteiger partial charge < -0.3 is 14.2 Å². The second-order valence-electron chi connectivity index (χ2n) is 6.38. The van der Waals surface area contributed by atoms with E-state index < -0.39 is 0 Å². The topological polar surface area (TPSA) is 71.7 Å². The van der Waals surface area contributed by atoms with E-state index in [-0.39, 0.29) is 11.9 Å². The molecule has 2 aromatic rings. The standard InChI is InChI=1S/C18H21N5O2/c1-13-17(24)21-18-20-16-5-4-15(10-14(16)11-23(13)18)25-9-3-2-7-22-8-6-19-12-22/h4-6,8,10,12-13H,2-3,7,9,11H2,1H3,(H,20,21,24). The maximum atomic E-state index is 11.8. The van der Waals surface area contributed by atoms with Crippen LogP contribution in [0, 0.1) is 0 Å². The molecule has 1 unspecified atom stereocenters. The number of fused-ring (bicyclic) bond motifs is 2. The zero-order chi connectivity index (χ0) is 17.2. The number of rotatable bonds is 6. The van der Waals surface area contributed by atoms with Crippen LogP contribution in [0.2, 0.25) is 0 Å². The lowest BCUT2D eigenvalue weighted by molar-refractivity contribution is -0.121. The summed E-state index contributed by atoms with van der Waals surface area (Å²) in [4.78, 5) is 22.3. The van der Waals surface area contributed by atoms with E-state index in [1.54, 1.807) is 6.20 Å². The van der Waals surface area contributed by atoms with Gasteiger partial charge in [0.05, 0.1) is 18.6 Å². The molecule has 2 aliphatic rings. The number of unbranched alkanes of at least 4 members (excludes halogenated alkanes) is 1. The number of imidazole rings is 1. The lowest BCUT2D eigenvalue weighted by Gasteiger charge is -2.26. The average molecular weight is 339 g/mol. The van der Waals surface area contributed by atoms with Gasteiger partial charge in [-0.15, -0.1) is 0 Å². The first-order valence-corrected chi connectivity index (χ1v) is 8.58. The van der Waals surface area contributed by atoms with Crippen LogP contribution in [-0.2, 0) is 17.9 Å². The van der Waals surface area contributed by atoms with Gasteiger partial charge in [-0.3, -0.25) is 10.1 Å². The molecule has 7 nitrogen and oxygen atoms in total. The zero-order valence-electron chi connectivity index (χ0n) is 14.2. The van der Waals surface area contributed by atoms with Crippen molar-refractivity contribution in [1.82, 2.24) is 19.8 Å². The molecular formula is C18H21N5O2. The van der Waals surface area contributed by atoms with E-state index in [2.05, 4.69) is 19.9 Å². The first-order chi connectivity index (χ1) is 12.2. The van der Waals surface area contributed by atoms with Crippen LogP contribution in [0.25, 0.3) is 0 Å². The third-order valence-electron chi connectivity index (χ3n) is 4.61. The van der Waals surface area contributed by atoms with Crippen LogP contribution in [0.5, 0.6) is 5.75 Å². The Morgan fingerprint density at radius 3 is 3.12 bits per heavy atom. The number of aromatic nitrogens is 2. The molecule has 4 rings (SSSR count). The largest absolute Gasteiger partial charge is 0.494 e. The predicted octanol–water partition coefficient (Wildman–Crippen LogP) is 2.06. The fraction of sp³-hybridized carbons (Fsp3) is 0.389. The van der Waals surface area contributed by atoms with Gasteiger partial charge in [-0.2, -0.15) is 0 Å². The number of hydrogen-bond acceptors (Lipinski definition) is 5. The number of carbonyl (C=O) groups excluding carboxylic acids is 1. The van der Waals surface area contributed by atoms with Gasteiger partial charge in [0.1, 0.15) is 11.8 Å². The lowest BCUT2D eigenvalue weighted by Crippen LogP contribution is -2.35. The Morgan fingerprint density at radius 2 is 2.28 bits per heavy atom. The molecule has 1 atom stereocenters. The Kier molecular flexibility index (Phi) is 4.13. The summed E-state index contributed by atoms with van der Waals surface area (Å²) in [5, 5.41) is 2.82. The fourth-order valence-electron chi connectivity index (χ4n) is 3.11. The van der Waals surface area contributed by atoms with Crippen molar-refractivity contribution in [3.63, 3.8) is 0 Å². The zero-order valence-corrected chi connectivity index (χ0v) is 14.2. The predicted molar refractivity (Wildman–Crippen MR) is 93.6 cm³/mol. The van der Waals surface area contributed by atoms with E-state index in [0.717, 1.165) is 36.4 Å². The molecule has 3 heterocycles. The second kappa shape index (κ2) is 6.58. The van der Waals surface area contributed by atoms with Crippen LogP contribution in [0.1, 0.15) is 25.3 Å². The van der Waals surface area contributed by atoms with Crippen molar-refractivity contribution in [1.29, 1.82) is 0 Å². The van der Waals surface area contributed by atoms with Gasteiger partial charge in [0, 0.05) is 31.0 Å². The number of nitrogens with zero attached hydrogens (tertiary/aromatic N) is 4. The summed E-state index contributed by atoms with van der Waals surface area (Å²) in [5.74, 6) is 1.50. The van der Waals surface area contributed by atoms with Crippen molar-refractivity contribution in [3.05, 3.63) is 42.5 Å². The van der Waals surface area contributed by atoms with Crippen LogP contribution in [0.15, 0.2) is 41.9 Å². The molecule has 130 valence electrons. The molecular weight excluding hydrogens is 318 g/mol. The molecule has 0 bridgehead atoms. The number of hydrogen-bond donors (Lipinski definition) is 1. The molecule has 2 aliphatic heterocycles. The monoisotopic (exact) mass is 339 g/mol. The van der Waals surface area contributed by atoms with Crippen LogP contribution in [0.4, 0.5) is 5.69 Å². The Labute approximate surface area is 146 Å². The summed E-state index contributed by atoms with van der Waals surface area (Å²) >= 11 is 0. The molecule has 1 saturated heterocycles. The summed E-state index contributed by atoms with van der Waals surface area (Å²) in [6.07, 6.45) is 7.63. The van der Waals surface area contributed by atoms with Gasteiger partial charge in [-0.25, -0.2) is 9.98 Å². The van der Waals surface area contributed by atoms with E-state index in [1.165, 1.54) is 0 Å². The molecule has 0 spiro atoms. The van der Waals surface area contributed by atoms with Crippen molar-refractivity contribution < 1.29 is 9.53 Å². The molecule has 1 aromatic heterocycles. The molecule has 0 aliphatic carbocycles. The fourth-order valence-corrected chi connectivity index (χ4v) is 3.11. The van der Waals surface area contributed by atoms with Crippen LogP contribution >= 0.6 is 0 Å².